The number of ketones is 1. The smallest absolute Gasteiger partial charge is 0.262 e. The highest BCUT2D eigenvalue weighted by molar-refractivity contribution is 6.09. The van der Waals surface area contributed by atoms with Crippen molar-refractivity contribution in [2.45, 2.75) is 6.92 Å². The molecular formula is C17H14N2O4. The van der Waals surface area contributed by atoms with Crippen LogP contribution in [0.5, 0.6) is 5.75 Å². The summed E-state index contributed by atoms with van der Waals surface area (Å²) in [5, 5.41) is 5.39. The SMILES string of the molecule is CC(=O)c1cccc(NC(=O)c2cccc3c2OCC(=O)N3)c1. The minimum absolute atomic E-state index is 0.0794. The fraction of sp³-hybridized carbons (Fsp3) is 0.118. The van der Waals surface area contributed by atoms with Crippen LogP contribution in [0.1, 0.15) is 27.6 Å². The van der Waals surface area contributed by atoms with Gasteiger partial charge in [0.15, 0.2) is 18.1 Å². The standard InChI is InChI=1S/C17H14N2O4/c1-10(20)11-4-2-5-12(8-11)18-17(22)13-6-3-7-14-16(13)23-9-15(21)19-14/h2-8H,9H2,1H3,(H,18,22)(H,19,21). The summed E-state index contributed by atoms with van der Waals surface area (Å²) in [4.78, 5) is 35.2. The first-order chi connectivity index (χ1) is 11.0. The number of para-hydroxylation sites is 1. The van der Waals surface area contributed by atoms with Crippen molar-refractivity contribution in [3.63, 3.8) is 0 Å². The molecule has 116 valence electrons. The number of hydrogen-bond donors (Lipinski definition) is 2. The Morgan fingerprint density at radius 2 is 1.96 bits per heavy atom. The van der Waals surface area contributed by atoms with Gasteiger partial charge in [-0.2, -0.15) is 0 Å². The van der Waals surface area contributed by atoms with Crippen LogP contribution in [0, 0.1) is 0 Å². The van der Waals surface area contributed by atoms with E-state index in [0.717, 1.165) is 0 Å². The normalized spacial score (nSPS) is 12.7. The second-order valence-corrected chi connectivity index (χ2v) is 5.11. The molecule has 6 heteroatoms. The van der Waals surface area contributed by atoms with Gasteiger partial charge in [-0.3, -0.25) is 14.4 Å². The number of fused-ring (bicyclic) bond motifs is 1. The fourth-order valence-electron chi connectivity index (χ4n) is 2.31. The Labute approximate surface area is 132 Å². The summed E-state index contributed by atoms with van der Waals surface area (Å²) in [5.41, 5.74) is 1.81. The van der Waals surface area contributed by atoms with Crippen LogP contribution in [0.15, 0.2) is 42.5 Å². The average Bonchev–Trinajstić information content (AvgIpc) is 2.54. The highest BCUT2D eigenvalue weighted by Gasteiger charge is 2.22. The molecule has 3 rings (SSSR count). The lowest BCUT2D eigenvalue weighted by Gasteiger charge is -2.20. The van der Waals surface area contributed by atoms with E-state index in [-0.39, 0.29) is 24.2 Å². The van der Waals surface area contributed by atoms with Crippen molar-refractivity contribution in [3.05, 3.63) is 53.6 Å². The molecule has 23 heavy (non-hydrogen) atoms. The van der Waals surface area contributed by atoms with E-state index >= 15 is 0 Å². The van der Waals surface area contributed by atoms with Gasteiger partial charge in [0.05, 0.1) is 11.3 Å². The third kappa shape index (κ3) is 3.06. The van der Waals surface area contributed by atoms with Crippen LogP contribution in [0.4, 0.5) is 11.4 Å². The van der Waals surface area contributed by atoms with Gasteiger partial charge in [-0.05, 0) is 31.2 Å². The van der Waals surface area contributed by atoms with Crippen LogP contribution in [0.2, 0.25) is 0 Å². The van der Waals surface area contributed by atoms with Gasteiger partial charge in [0.1, 0.15) is 0 Å². The first-order valence-corrected chi connectivity index (χ1v) is 7.02. The van der Waals surface area contributed by atoms with Crippen molar-refractivity contribution in [3.8, 4) is 5.75 Å². The lowest BCUT2D eigenvalue weighted by molar-refractivity contribution is -0.118. The molecule has 0 radical (unpaired) electrons. The molecule has 0 bridgehead atoms. The van der Waals surface area contributed by atoms with Crippen molar-refractivity contribution >= 4 is 29.0 Å². The molecule has 0 saturated carbocycles. The Morgan fingerprint density at radius 3 is 2.74 bits per heavy atom. The van der Waals surface area contributed by atoms with E-state index in [9.17, 15) is 14.4 Å². The van der Waals surface area contributed by atoms with Gasteiger partial charge in [-0.25, -0.2) is 0 Å². The quantitative estimate of drug-likeness (QED) is 0.853. The first kappa shape index (κ1) is 14.8. The number of benzene rings is 2. The van der Waals surface area contributed by atoms with E-state index in [1.165, 1.54) is 6.92 Å². The number of carbonyl (C=O) groups excluding carboxylic acids is 3. The monoisotopic (exact) mass is 310 g/mol. The molecule has 1 aliphatic rings. The Hall–Kier alpha value is -3.15. The van der Waals surface area contributed by atoms with Gasteiger partial charge in [-0.1, -0.05) is 18.2 Å². The molecule has 2 N–H and O–H groups in total. The van der Waals surface area contributed by atoms with Crippen LogP contribution >= 0.6 is 0 Å². The molecule has 1 heterocycles. The number of rotatable bonds is 3. The number of amides is 2. The number of carbonyl (C=O) groups is 3. The molecule has 0 fully saturated rings. The summed E-state index contributed by atoms with van der Waals surface area (Å²) in [6.07, 6.45) is 0. The van der Waals surface area contributed by atoms with Crippen LogP contribution < -0.4 is 15.4 Å². The minimum Gasteiger partial charge on any atom is -0.481 e. The summed E-state index contributed by atoms with van der Waals surface area (Å²) >= 11 is 0. The highest BCUT2D eigenvalue weighted by Crippen LogP contribution is 2.32. The summed E-state index contributed by atoms with van der Waals surface area (Å²) < 4.78 is 5.36. The fourth-order valence-corrected chi connectivity index (χ4v) is 2.31. The number of nitrogens with one attached hydrogen (secondary N) is 2. The third-order valence-electron chi connectivity index (χ3n) is 3.41. The molecule has 2 aromatic rings. The van der Waals surface area contributed by atoms with Gasteiger partial charge in [0, 0.05) is 11.3 Å². The lowest BCUT2D eigenvalue weighted by Crippen LogP contribution is -2.27. The van der Waals surface area contributed by atoms with Crippen molar-refractivity contribution < 1.29 is 19.1 Å². The van der Waals surface area contributed by atoms with Gasteiger partial charge >= 0.3 is 0 Å². The summed E-state index contributed by atoms with van der Waals surface area (Å²) in [6, 6.07) is 11.6. The van der Waals surface area contributed by atoms with Crippen LogP contribution in [0.3, 0.4) is 0 Å². The van der Waals surface area contributed by atoms with Crippen LogP contribution in [-0.4, -0.2) is 24.2 Å². The molecule has 6 nitrogen and oxygen atoms in total. The molecule has 0 saturated heterocycles. The van der Waals surface area contributed by atoms with Crippen molar-refractivity contribution in [2.24, 2.45) is 0 Å². The summed E-state index contributed by atoms with van der Waals surface area (Å²) in [6.45, 7) is 1.34. The predicted octanol–water partition coefficient (Wildman–Crippen LogP) is 2.47. The molecule has 1 aliphatic heterocycles. The molecule has 0 aliphatic carbocycles. The minimum atomic E-state index is -0.376. The van der Waals surface area contributed by atoms with Crippen molar-refractivity contribution in [2.75, 3.05) is 17.2 Å². The van der Waals surface area contributed by atoms with Crippen LogP contribution in [0.25, 0.3) is 0 Å². The van der Waals surface area contributed by atoms with E-state index in [2.05, 4.69) is 10.6 Å². The van der Waals surface area contributed by atoms with Gasteiger partial charge < -0.3 is 15.4 Å². The maximum absolute atomic E-state index is 12.5. The largest absolute Gasteiger partial charge is 0.481 e. The van der Waals surface area contributed by atoms with E-state index in [0.29, 0.717) is 28.3 Å². The van der Waals surface area contributed by atoms with Crippen molar-refractivity contribution in [1.29, 1.82) is 0 Å². The lowest BCUT2D eigenvalue weighted by atomic mass is 10.1. The highest BCUT2D eigenvalue weighted by atomic mass is 16.5. The van der Waals surface area contributed by atoms with E-state index < -0.39 is 0 Å². The second-order valence-electron chi connectivity index (χ2n) is 5.11. The zero-order valence-electron chi connectivity index (χ0n) is 12.4. The number of anilines is 2. The Balaban J connectivity index is 1.87. The molecule has 0 unspecified atom stereocenters. The zero-order chi connectivity index (χ0) is 16.4. The number of ether oxygens (including phenoxy) is 1. The van der Waals surface area contributed by atoms with E-state index in [4.69, 9.17) is 4.74 Å². The molecule has 2 amide bonds. The van der Waals surface area contributed by atoms with Gasteiger partial charge in [0.2, 0.25) is 0 Å². The summed E-state index contributed by atoms with van der Waals surface area (Å²) in [7, 11) is 0. The number of Topliss-reactive ketones (excluding diaryl/α,β-unsaturated/α-hetero) is 1. The molecule has 0 aromatic heterocycles. The number of hydrogen-bond acceptors (Lipinski definition) is 4. The maximum Gasteiger partial charge on any atom is 0.262 e. The Bertz CT molecular complexity index is 814. The molecular weight excluding hydrogens is 296 g/mol. The topological polar surface area (TPSA) is 84.5 Å². The van der Waals surface area contributed by atoms with E-state index in [1.54, 1.807) is 42.5 Å². The average molecular weight is 310 g/mol. The van der Waals surface area contributed by atoms with Crippen molar-refractivity contribution in [1.82, 2.24) is 0 Å². The molecule has 0 spiro atoms. The zero-order valence-corrected chi connectivity index (χ0v) is 12.4. The predicted molar refractivity (Wildman–Crippen MR) is 85.0 cm³/mol. The van der Waals surface area contributed by atoms with Gasteiger partial charge in [-0.15, -0.1) is 0 Å². The van der Waals surface area contributed by atoms with Crippen LogP contribution in [-0.2, 0) is 4.79 Å². The second kappa shape index (κ2) is 5.92. The molecule has 2 aromatic carbocycles. The van der Waals surface area contributed by atoms with E-state index in [1.807, 2.05) is 0 Å². The van der Waals surface area contributed by atoms with Gasteiger partial charge in [0.25, 0.3) is 11.8 Å². The summed E-state index contributed by atoms with van der Waals surface area (Å²) in [5.74, 6) is -0.375. The first-order valence-electron chi connectivity index (χ1n) is 7.02. The Morgan fingerprint density at radius 1 is 1.17 bits per heavy atom. The Kier molecular flexibility index (Phi) is 3.80. The molecule has 0 atom stereocenters. The maximum atomic E-state index is 12.5. The third-order valence-corrected chi connectivity index (χ3v) is 3.41.